The highest BCUT2D eigenvalue weighted by Gasteiger charge is 2.23. The Balaban J connectivity index is 1.82. The van der Waals surface area contributed by atoms with E-state index in [1.165, 1.54) is 29.7 Å². The number of halogens is 1. The van der Waals surface area contributed by atoms with Crippen molar-refractivity contribution in [3.8, 4) is 6.07 Å². The predicted octanol–water partition coefficient (Wildman–Crippen LogP) is 2.35. The molecule has 2 aromatic rings. The molecule has 1 saturated carbocycles. The number of nitrogens with one attached hydrogen (secondary N) is 1. The number of nitrogen functional groups attached to an aromatic ring is 1. The second kappa shape index (κ2) is 5.44. The minimum Gasteiger partial charge on any atom is -0.383 e. The number of nitrogens with two attached hydrogens (primary N) is 1. The Bertz CT molecular complexity index is 697. The zero-order valence-corrected chi connectivity index (χ0v) is 11.5. The first-order valence-corrected chi connectivity index (χ1v) is 6.92. The van der Waals surface area contributed by atoms with Crippen molar-refractivity contribution in [2.75, 3.05) is 17.6 Å². The second-order valence-electron chi connectivity index (χ2n) is 5.33. The molecule has 1 heterocycles. The van der Waals surface area contributed by atoms with Crippen molar-refractivity contribution in [3.05, 3.63) is 41.2 Å². The molecule has 1 aromatic heterocycles. The Hall–Kier alpha value is -2.55. The third-order valence-corrected chi connectivity index (χ3v) is 3.58. The van der Waals surface area contributed by atoms with E-state index >= 15 is 0 Å². The molecule has 3 N–H and O–H groups in total. The summed E-state index contributed by atoms with van der Waals surface area (Å²) >= 11 is 0. The van der Waals surface area contributed by atoms with Gasteiger partial charge in [0, 0.05) is 6.54 Å². The third kappa shape index (κ3) is 2.97. The van der Waals surface area contributed by atoms with Gasteiger partial charge in [-0.3, -0.25) is 0 Å². The maximum Gasteiger partial charge on any atom is 0.168 e. The van der Waals surface area contributed by atoms with E-state index in [4.69, 9.17) is 5.73 Å². The zero-order valence-electron chi connectivity index (χ0n) is 11.5. The van der Waals surface area contributed by atoms with E-state index in [0.717, 1.165) is 12.1 Å². The summed E-state index contributed by atoms with van der Waals surface area (Å²) in [6.45, 7) is 1.15. The van der Waals surface area contributed by atoms with Crippen molar-refractivity contribution in [3.63, 3.8) is 0 Å². The lowest BCUT2D eigenvalue weighted by Gasteiger charge is -2.04. The van der Waals surface area contributed by atoms with Gasteiger partial charge in [0.2, 0.25) is 0 Å². The number of nitrogens with zero attached hydrogens (tertiary/aromatic N) is 3. The fourth-order valence-electron chi connectivity index (χ4n) is 2.20. The summed E-state index contributed by atoms with van der Waals surface area (Å²) < 4.78 is 14.7. The number of anilines is 2. The Kier molecular flexibility index (Phi) is 3.48. The first-order chi connectivity index (χ1) is 10.2. The summed E-state index contributed by atoms with van der Waals surface area (Å²) in [6.07, 6.45) is 2.43. The summed E-state index contributed by atoms with van der Waals surface area (Å²) in [6, 6.07) is 8.34. The highest BCUT2D eigenvalue weighted by Crippen LogP contribution is 2.30. The van der Waals surface area contributed by atoms with Gasteiger partial charge in [-0.15, -0.1) is 0 Å². The van der Waals surface area contributed by atoms with Crippen LogP contribution in [0.3, 0.4) is 0 Å². The highest BCUT2D eigenvalue weighted by atomic mass is 19.1. The molecule has 1 aliphatic carbocycles. The molecule has 0 unspecified atom stereocenters. The monoisotopic (exact) mass is 285 g/mol. The Labute approximate surface area is 122 Å². The molecular formula is C15H16FN5. The van der Waals surface area contributed by atoms with Crippen molar-refractivity contribution in [1.29, 1.82) is 5.26 Å². The van der Waals surface area contributed by atoms with Crippen molar-refractivity contribution in [2.24, 2.45) is 5.92 Å². The van der Waals surface area contributed by atoms with Crippen LogP contribution in [-0.2, 0) is 6.54 Å². The fourth-order valence-corrected chi connectivity index (χ4v) is 2.20. The van der Waals surface area contributed by atoms with Crippen LogP contribution in [0.2, 0.25) is 0 Å². The van der Waals surface area contributed by atoms with Crippen LogP contribution in [0.5, 0.6) is 0 Å². The maximum atomic E-state index is 13.2. The van der Waals surface area contributed by atoms with Gasteiger partial charge in [-0.05, 0) is 36.5 Å². The minimum atomic E-state index is -0.300. The van der Waals surface area contributed by atoms with Crippen molar-refractivity contribution >= 4 is 11.6 Å². The molecule has 0 atom stereocenters. The molecule has 5 nitrogen and oxygen atoms in total. The molecule has 6 heteroatoms. The standard InChI is InChI=1S/C15H16FN5/c16-12-3-1-2-11(6-12)9-21-14(18)13(7-17)15(20-21)19-8-10-4-5-10/h1-3,6,10H,4-5,8-9,18H2,(H,19,20). The molecule has 0 amide bonds. The lowest BCUT2D eigenvalue weighted by molar-refractivity contribution is 0.620. The highest BCUT2D eigenvalue weighted by molar-refractivity contribution is 5.64. The molecular weight excluding hydrogens is 269 g/mol. The first kappa shape index (κ1) is 13.4. The van der Waals surface area contributed by atoms with Crippen LogP contribution >= 0.6 is 0 Å². The van der Waals surface area contributed by atoms with E-state index in [9.17, 15) is 9.65 Å². The van der Waals surface area contributed by atoms with E-state index in [2.05, 4.69) is 16.5 Å². The smallest absolute Gasteiger partial charge is 0.168 e. The molecule has 0 saturated heterocycles. The Morgan fingerprint density at radius 2 is 2.29 bits per heavy atom. The van der Waals surface area contributed by atoms with Gasteiger partial charge < -0.3 is 11.1 Å². The second-order valence-corrected chi connectivity index (χ2v) is 5.33. The van der Waals surface area contributed by atoms with Crippen LogP contribution in [0.15, 0.2) is 24.3 Å². The average Bonchev–Trinajstić information content (AvgIpc) is 3.23. The molecule has 1 aromatic carbocycles. The number of hydrogen-bond donors (Lipinski definition) is 2. The number of aromatic nitrogens is 2. The van der Waals surface area contributed by atoms with Gasteiger partial charge in [0.1, 0.15) is 23.3 Å². The molecule has 0 spiro atoms. The van der Waals surface area contributed by atoms with E-state index in [-0.39, 0.29) is 5.82 Å². The lowest BCUT2D eigenvalue weighted by Crippen LogP contribution is -2.07. The van der Waals surface area contributed by atoms with Crippen LogP contribution in [0.25, 0.3) is 0 Å². The third-order valence-electron chi connectivity index (χ3n) is 3.58. The summed E-state index contributed by atoms with van der Waals surface area (Å²) in [7, 11) is 0. The van der Waals surface area contributed by atoms with Gasteiger partial charge in [0.15, 0.2) is 5.82 Å². The number of benzene rings is 1. The van der Waals surface area contributed by atoms with Gasteiger partial charge in [-0.2, -0.15) is 10.4 Å². The SMILES string of the molecule is N#Cc1c(NCC2CC2)nn(Cc2cccc(F)c2)c1N. The normalized spacial score (nSPS) is 13.9. The first-order valence-electron chi connectivity index (χ1n) is 6.92. The maximum absolute atomic E-state index is 13.2. The fraction of sp³-hybridized carbons (Fsp3) is 0.333. The predicted molar refractivity (Wildman–Crippen MR) is 78.1 cm³/mol. The molecule has 1 fully saturated rings. The topological polar surface area (TPSA) is 79.7 Å². The summed E-state index contributed by atoms with van der Waals surface area (Å²) in [5.74, 6) is 1.19. The van der Waals surface area contributed by atoms with Gasteiger partial charge >= 0.3 is 0 Å². The number of hydrogen-bond acceptors (Lipinski definition) is 4. The summed E-state index contributed by atoms with van der Waals surface area (Å²) in [5, 5.41) is 16.7. The van der Waals surface area contributed by atoms with Crippen molar-refractivity contribution in [2.45, 2.75) is 19.4 Å². The largest absolute Gasteiger partial charge is 0.383 e. The number of nitriles is 1. The molecule has 3 rings (SSSR count). The van der Waals surface area contributed by atoms with Gasteiger partial charge in [-0.1, -0.05) is 12.1 Å². The molecule has 0 bridgehead atoms. The molecule has 0 radical (unpaired) electrons. The summed E-state index contributed by atoms with van der Waals surface area (Å²) in [5.41, 5.74) is 7.07. The molecule has 108 valence electrons. The van der Waals surface area contributed by atoms with Crippen molar-refractivity contribution in [1.82, 2.24) is 9.78 Å². The summed E-state index contributed by atoms with van der Waals surface area (Å²) in [4.78, 5) is 0. The van der Waals surface area contributed by atoms with E-state index in [0.29, 0.717) is 29.7 Å². The lowest BCUT2D eigenvalue weighted by atomic mass is 10.2. The van der Waals surface area contributed by atoms with Crippen LogP contribution < -0.4 is 11.1 Å². The van der Waals surface area contributed by atoms with Gasteiger partial charge in [0.05, 0.1) is 6.54 Å². The van der Waals surface area contributed by atoms with Crippen LogP contribution in [0.4, 0.5) is 16.0 Å². The molecule has 1 aliphatic rings. The van der Waals surface area contributed by atoms with Crippen LogP contribution in [0, 0.1) is 23.1 Å². The minimum absolute atomic E-state index is 0.300. The van der Waals surface area contributed by atoms with E-state index < -0.39 is 0 Å². The van der Waals surface area contributed by atoms with Crippen molar-refractivity contribution < 1.29 is 4.39 Å². The molecule has 21 heavy (non-hydrogen) atoms. The van der Waals surface area contributed by atoms with Crippen LogP contribution in [-0.4, -0.2) is 16.3 Å². The Morgan fingerprint density at radius 3 is 2.95 bits per heavy atom. The number of rotatable bonds is 5. The quantitative estimate of drug-likeness (QED) is 0.883. The zero-order chi connectivity index (χ0) is 14.8. The average molecular weight is 285 g/mol. The van der Waals surface area contributed by atoms with Gasteiger partial charge in [-0.25, -0.2) is 9.07 Å². The van der Waals surface area contributed by atoms with Gasteiger partial charge in [0.25, 0.3) is 0 Å². The van der Waals surface area contributed by atoms with Crippen LogP contribution in [0.1, 0.15) is 24.0 Å². The molecule has 0 aliphatic heterocycles. The van der Waals surface area contributed by atoms with E-state index in [1.54, 1.807) is 12.1 Å². The van der Waals surface area contributed by atoms with E-state index in [1.807, 2.05) is 0 Å². The Morgan fingerprint density at radius 1 is 1.48 bits per heavy atom.